The van der Waals surface area contributed by atoms with Crippen LogP contribution in [0.5, 0.6) is 0 Å². The van der Waals surface area contributed by atoms with Crippen molar-refractivity contribution in [2.24, 2.45) is 0 Å². The summed E-state index contributed by atoms with van der Waals surface area (Å²) < 4.78 is 2.41. The van der Waals surface area contributed by atoms with E-state index in [1.807, 2.05) is 0 Å². The highest BCUT2D eigenvalue weighted by atomic mass is 15.1. The third-order valence-electron chi connectivity index (χ3n) is 14.2. The van der Waals surface area contributed by atoms with Crippen LogP contribution in [0, 0.1) is 0 Å². The minimum atomic E-state index is -0.0374. The van der Waals surface area contributed by atoms with Gasteiger partial charge in [0.05, 0.1) is 11.0 Å². The van der Waals surface area contributed by atoms with Gasteiger partial charge < -0.3 is 14.4 Å². The zero-order valence-electron chi connectivity index (χ0n) is 36.1. The molecule has 2 saturated carbocycles. The van der Waals surface area contributed by atoms with E-state index in [4.69, 9.17) is 0 Å². The lowest BCUT2D eigenvalue weighted by Crippen LogP contribution is -2.30. The van der Waals surface area contributed by atoms with Crippen molar-refractivity contribution in [2.75, 3.05) is 9.80 Å². The Labute approximate surface area is 372 Å². The number of para-hydroxylation sites is 4. The molecule has 0 spiro atoms. The van der Waals surface area contributed by atoms with Crippen molar-refractivity contribution in [3.05, 3.63) is 223 Å². The van der Waals surface area contributed by atoms with E-state index in [0.717, 1.165) is 24.2 Å². The van der Waals surface area contributed by atoms with Gasteiger partial charge in [0.2, 0.25) is 0 Å². The lowest BCUT2D eigenvalue weighted by molar-refractivity contribution is 0.346. The molecule has 0 unspecified atom stereocenters. The molecule has 11 rings (SSSR count). The van der Waals surface area contributed by atoms with Crippen molar-refractivity contribution in [3.8, 4) is 5.69 Å². The largest absolute Gasteiger partial charge is 0.311 e. The summed E-state index contributed by atoms with van der Waals surface area (Å²) in [4.78, 5) is 4.84. The number of aromatic nitrogens is 1. The van der Waals surface area contributed by atoms with E-state index in [9.17, 15) is 0 Å². The van der Waals surface area contributed by atoms with Gasteiger partial charge in [0.1, 0.15) is 0 Å². The van der Waals surface area contributed by atoms with Crippen LogP contribution in [0.15, 0.2) is 206 Å². The normalized spacial score (nSPS) is 15.4. The van der Waals surface area contributed by atoms with Crippen molar-refractivity contribution >= 4 is 55.9 Å². The molecule has 9 aromatic rings. The summed E-state index contributed by atoms with van der Waals surface area (Å²) in [6, 6.07) is 76.8. The molecule has 1 aromatic heterocycles. The molecule has 0 atom stereocenters. The number of fused-ring (bicyclic) bond motifs is 3. The highest BCUT2D eigenvalue weighted by Gasteiger charge is 2.36. The van der Waals surface area contributed by atoms with Gasteiger partial charge in [0, 0.05) is 56.0 Å². The molecule has 3 nitrogen and oxygen atoms in total. The van der Waals surface area contributed by atoms with Crippen molar-refractivity contribution in [1.29, 1.82) is 0 Å². The minimum Gasteiger partial charge on any atom is -0.311 e. The minimum absolute atomic E-state index is 0.0374. The van der Waals surface area contributed by atoms with Gasteiger partial charge in [-0.1, -0.05) is 148 Å². The summed E-state index contributed by atoms with van der Waals surface area (Å²) in [6.07, 6.45) is 12.7. The van der Waals surface area contributed by atoms with Crippen LogP contribution < -0.4 is 9.80 Å². The zero-order chi connectivity index (χ0) is 42.0. The number of hydrogen-bond acceptors (Lipinski definition) is 2. The maximum Gasteiger partial charge on any atom is 0.0542 e. The Balaban J connectivity index is 0.988. The zero-order valence-corrected chi connectivity index (χ0v) is 36.1. The fraction of sp³-hybridized carbons (Fsp3) is 0.200. The average molecular weight is 818 g/mol. The molecule has 2 fully saturated rings. The molecule has 0 bridgehead atoms. The lowest BCUT2D eigenvalue weighted by Gasteiger charge is -2.39. The van der Waals surface area contributed by atoms with E-state index < -0.39 is 0 Å². The van der Waals surface area contributed by atoms with Gasteiger partial charge in [-0.3, -0.25) is 0 Å². The van der Waals surface area contributed by atoms with Crippen LogP contribution in [0.4, 0.5) is 34.1 Å². The fourth-order valence-electron chi connectivity index (χ4n) is 11.1. The van der Waals surface area contributed by atoms with Crippen molar-refractivity contribution in [1.82, 2.24) is 4.57 Å². The Kier molecular flexibility index (Phi) is 10.6. The van der Waals surface area contributed by atoms with E-state index in [2.05, 4.69) is 221 Å². The molecule has 0 amide bonds. The molecular weight excluding hydrogens is 763 g/mol. The van der Waals surface area contributed by atoms with Crippen molar-refractivity contribution < 1.29 is 0 Å². The molecule has 0 radical (unpaired) electrons. The summed E-state index contributed by atoms with van der Waals surface area (Å²) in [5.74, 6) is 0.668. The molecule has 63 heavy (non-hydrogen) atoms. The molecule has 2 aliphatic carbocycles. The van der Waals surface area contributed by atoms with Crippen LogP contribution in [0.2, 0.25) is 0 Å². The predicted octanol–water partition coefficient (Wildman–Crippen LogP) is 17.0. The SMILES string of the molecule is c1ccc(N(c2ccccc2)c2ccc(C3(c4ccc(N(c5ccc(C6CCCCC6)cc5)c5ccc6c(c5)c5ccccc5n6-c5ccccc5)cc4)CCCCC3)cc2)cc1. The molecule has 8 aromatic carbocycles. The predicted molar refractivity (Wildman–Crippen MR) is 266 cm³/mol. The number of anilines is 6. The van der Waals surface area contributed by atoms with Gasteiger partial charge in [-0.15, -0.1) is 0 Å². The van der Waals surface area contributed by atoms with E-state index in [1.165, 1.54) is 118 Å². The molecule has 0 aliphatic heterocycles. The summed E-state index contributed by atoms with van der Waals surface area (Å²) in [5.41, 5.74) is 14.9. The van der Waals surface area contributed by atoms with E-state index in [-0.39, 0.29) is 5.41 Å². The maximum absolute atomic E-state index is 2.48. The number of hydrogen-bond donors (Lipinski definition) is 0. The van der Waals surface area contributed by atoms with Crippen LogP contribution in [0.1, 0.15) is 86.8 Å². The smallest absolute Gasteiger partial charge is 0.0542 e. The number of benzene rings is 8. The second-order valence-electron chi connectivity index (χ2n) is 17.9. The summed E-state index contributed by atoms with van der Waals surface area (Å²) >= 11 is 0. The Morgan fingerprint density at radius 2 is 0.810 bits per heavy atom. The Bertz CT molecular complexity index is 2880. The van der Waals surface area contributed by atoms with E-state index in [0.29, 0.717) is 5.92 Å². The Hall–Kier alpha value is -6.84. The van der Waals surface area contributed by atoms with Crippen LogP contribution in [-0.4, -0.2) is 4.57 Å². The molecule has 310 valence electrons. The van der Waals surface area contributed by atoms with Gasteiger partial charge in [-0.25, -0.2) is 0 Å². The van der Waals surface area contributed by atoms with Crippen molar-refractivity contribution in [2.45, 2.75) is 75.5 Å². The fourth-order valence-corrected chi connectivity index (χ4v) is 11.1. The molecule has 3 heteroatoms. The standard InChI is InChI=1S/C60H55N3/c1-6-18-45(19-7-1)46-28-34-52(35-29-46)62(55-40-41-59-57(44-55)56-26-14-15-27-58(56)63(59)51-24-12-4-13-25-51)54-38-32-48(33-39-54)60(42-16-5-17-43-60)47-30-36-53(37-31-47)61(49-20-8-2-9-21-49)50-22-10-3-11-23-50/h2-4,8-15,20-41,44-45H,1,5-7,16-19,42-43H2. The molecule has 1 heterocycles. The lowest BCUT2D eigenvalue weighted by atomic mass is 9.65. The second-order valence-corrected chi connectivity index (χ2v) is 17.9. The monoisotopic (exact) mass is 817 g/mol. The average Bonchev–Trinajstić information content (AvgIpc) is 3.70. The Morgan fingerprint density at radius 3 is 1.40 bits per heavy atom. The summed E-state index contributed by atoms with van der Waals surface area (Å²) in [5, 5.41) is 2.53. The first-order chi connectivity index (χ1) is 31.2. The van der Waals surface area contributed by atoms with E-state index >= 15 is 0 Å². The van der Waals surface area contributed by atoms with Crippen LogP contribution in [0.3, 0.4) is 0 Å². The van der Waals surface area contributed by atoms with Crippen LogP contribution in [-0.2, 0) is 5.41 Å². The number of nitrogens with zero attached hydrogens (tertiary/aromatic N) is 3. The molecule has 0 saturated heterocycles. The third-order valence-corrected chi connectivity index (χ3v) is 14.2. The number of rotatable bonds is 10. The van der Waals surface area contributed by atoms with Gasteiger partial charge in [0.25, 0.3) is 0 Å². The quantitative estimate of drug-likeness (QED) is 0.136. The van der Waals surface area contributed by atoms with E-state index in [1.54, 1.807) is 0 Å². The molecule has 2 aliphatic rings. The first-order valence-electron chi connectivity index (χ1n) is 23.3. The highest BCUT2D eigenvalue weighted by molar-refractivity contribution is 6.10. The second kappa shape index (κ2) is 17.1. The van der Waals surface area contributed by atoms with Crippen molar-refractivity contribution in [3.63, 3.8) is 0 Å². The van der Waals surface area contributed by atoms with Gasteiger partial charge in [0.15, 0.2) is 0 Å². The summed E-state index contributed by atoms with van der Waals surface area (Å²) in [7, 11) is 0. The molecular formula is C60H55N3. The van der Waals surface area contributed by atoms with Crippen LogP contribution in [0.25, 0.3) is 27.5 Å². The highest BCUT2D eigenvalue weighted by Crippen LogP contribution is 2.48. The van der Waals surface area contributed by atoms with Gasteiger partial charge in [-0.05, 0) is 145 Å². The first-order valence-corrected chi connectivity index (χ1v) is 23.3. The summed E-state index contributed by atoms with van der Waals surface area (Å²) in [6.45, 7) is 0. The third kappa shape index (κ3) is 7.40. The topological polar surface area (TPSA) is 11.4 Å². The molecule has 0 N–H and O–H groups in total. The first kappa shape index (κ1) is 39.0. The maximum atomic E-state index is 2.48. The Morgan fingerprint density at radius 1 is 0.365 bits per heavy atom. The van der Waals surface area contributed by atoms with Crippen LogP contribution >= 0.6 is 0 Å². The van der Waals surface area contributed by atoms with Gasteiger partial charge in [-0.2, -0.15) is 0 Å². The van der Waals surface area contributed by atoms with Gasteiger partial charge >= 0.3 is 0 Å².